The Morgan fingerprint density at radius 3 is 2.41 bits per heavy atom. The van der Waals surface area contributed by atoms with Crippen LogP contribution in [0.4, 0.5) is 0 Å². The van der Waals surface area contributed by atoms with E-state index in [9.17, 15) is 5.11 Å². The summed E-state index contributed by atoms with van der Waals surface area (Å²) in [6.07, 6.45) is 18.4. The van der Waals surface area contributed by atoms with Crippen molar-refractivity contribution in [3.05, 3.63) is 35.5 Å². The van der Waals surface area contributed by atoms with E-state index in [2.05, 4.69) is 65.8 Å². The highest BCUT2D eigenvalue weighted by Gasteiger charge is 2.56. The molecule has 0 heterocycles. The van der Waals surface area contributed by atoms with Gasteiger partial charge in [0.1, 0.15) is 0 Å². The number of rotatable bonds is 4. The zero-order valence-electron chi connectivity index (χ0n) is 19.7. The predicted octanol–water partition coefficient (Wildman–Crippen LogP) is 7.33. The Hall–Kier alpha value is -0.820. The molecule has 0 saturated heterocycles. The predicted molar refractivity (Wildman–Crippen MR) is 123 cm³/mol. The summed E-state index contributed by atoms with van der Waals surface area (Å²) >= 11 is 0. The standard InChI is InChI=1S/C28H44O/c1-18(2)19(3)7-8-20(4)24-11-12-25-23-10-9-21-17-22(29)13-15-27(21,5)26(23)14-16-28(24,25)6/h7-10,18-20,22,24-26,29H,11-17H2,1-6H3/b8-7+/t19-,20-,22?,24?,25?,26?,27?,28?/m0/s1. The summed E-state index contributed by atoms with van der Waals surface area (Å²) in [5.41, 5.74) is 4.07. The van der Waals surface area contributed by atoms with Crippen LogP contribution in [0.5, 0.6) is 0 Å². The summed E-state index contributed by atoms with van der Waals surface area (Å²) in [5, 5.41) is 10.2. The first-order valence-corrected chi connectivity index (χ1v) is 12.4. The fraction of sp³-hybridized carbons (Fsp3) is 0.786. The average molecular weight is 397 g/mol. The highest BCUT2D eigenvalue weighted by atomic mass is 16.3. The molecule has 4 aliphatic rings. The van der Waals surface area contributed by atoms with Crippen LogP contribution in [0, 0.1) is 46.3 Å². The Kier molecular flexibility index (Phi) is 5.69. The van der Waals surface area contributed by atoms with E-state index in [1.165, 1.54) is 37.7 Å². The van der Waals surface area contributed by atoms with Gasteiger partial charge in [0.05, 0.1) is 6.10 Å². The first kappa shape index (κ1) is 21.4. The van der Waals surface area contributed by atoms with Crippen molar-refractivity contribution >= 4 is 0 Å². The van der Waals surface area contributed by atoms with Crippen LogP contribution in [0.3, 0.4) is 0 Å². The highest BCUT2D eigenvalue weighted by molar-refractivity contribution is 5.39. The molecule has 0 radical (unpaired) electrons. The third-order valence-electron chi connectivity index (χ3n) is 10.0. The number of hydrogen-bond acceptors (Lipinski definition) is 1. The van der Waals surface area contributed by atoms with Crippen molar-refractivity contribution in [2.45, 2.75) is 92.6 Å². The van der Waals surface area contributed by atoms with Gasteiger partial charge in [-0.15, -0.1) is 0 Å². The molecular formula is C28H44O. The number of allylic oxidation sites excluding steroid dienone is 5. The van der Waals surface area contributed by atoms with Crippen LogP contribution in [0.15, 0.2) is 35.5 Å². The van der Waals surface area contributed by atoms with E-state index in [1.807, 2.05) is 0 Å². The maximum atomic E-state index is 10.2. The lowest BCUT2D eigenvalue weighted by Crippen LogP contribution is -2.46. The molecule has 1 N–H and O–H groups in total. The van der Waals surface area contributed by atoms with Crippen molar-refractivity contribution < 1.29 is 5.11 Å². The van der Waals surface area contributed by atoms with Crippen LogP contribution in [0.25, 0.3) is 0 Å². The van der Waals surface area contributed by atoms with Gasteiger partial charge in [0.25, 0.3) is 0 Å². The quantitative estimate of drug-likeness (QED) is 0.493. The summed E-state index contributed by atoms with van der Waals surface area (Å²) < 4.78 is 0. The summed E-state index contributed by atoms with van der Waals surface area (Å²) in [4.78, 5) is 0. The van der Waals surface area contributed by atoms with Crippen LogP contribution in [-0.2, 0) is 0 Å². The molecule has 0 spiro atoms. The fourth-order valence-electron chi connectivity index (χ4n) is 7.59. The van der Waals surface area contributed by atoms with Gasteiger partial charge in [-0.2, -0.15) is 0 Å². The number of aliphatic hydroxyl groups is 1. The molecule has 0 bridgehead atoms. The van der Waals surface area contributed by atoms with Gasteiger partial charge in [-0.05, 0) is 91.3 Å². The number of hydrogen-bond donors (Lipinski definition) is 1. The van der Waals surface area contributed by atoms with E-state index >= 15 is 0 Å². The van der Waals surface area contributed by atoms with E-state index in [0.29, 0.717) is 22.7 Å². The molecular weight excluding hydrogens is 352 g/mol. The number of aliphatic hydroxyl groups excluding tert-OH is 1. The maximum Gasteiger partial charge on any atom is 0.0578 e. The van der Waals surface area contributed by atoms with E-state index < -0.39 is 0 Å². The molecule has 4 rings (SSSR count). The van der Waals surface area contributed by atoms with Gasteiger partial charge in [-0.25, -0.2) is 0 Å². The summed E-state index contributed by atoms with van der Waals surface area (Å²) in [5.74, 6) is 4.38. The van der Waals surface area contributed by atoms with Crippen LogP contribution in [0.1, 0.15) is 86.5 Å². The second kappa shape index (κ2) is 7.70. The molecule has 0 aromatic carbocycles. The second-order valence-electron chi connectivity index (χ2n) is 11.9. The van der Waals surface area contributed by atoms with Crippen molar-refractivity contribution in [3.63, 3.8) is 0 Å². The van der Waals surface area contributed by atoms with Gasteiger partial charge >= 0.3 is 0 Å². The molecule has 1 heteroatoms. The minimum atomic E-state index is -0.116. The van der Waals surface area contributed by atoms with Crippen molar-refractivity contribution in [2.75, 3.05) is 0 Å². The van der Waals surface area contributed by atoms with Crippen LogP contribution in [-0.4, -0.2) is 11.2 Å². The molecule has 3 fully saturated rings. The zero-order chi connectivity index (χ0) is 21.0. The topological polar surface area (TPSA) is 20.2 Å². The molecule has 3 saturated carbocycles. The molecule has 0 aliphatic heterocycles. The molecule has 29 heavy (non-hydrogen) atoms. The minimum Gasteiger partial charge on any atom is -0.393 e. The number of fused-ring (bicyclic) bond motifs is 5. The van der Waals surface area contributed by atoms with Crippen LogP contribution < -0.4 is 0 Å². The van der Waals surface area contributed by atoms with Crippen LogP contribution in [0.2, 0.25) is 0 Å². The smallest absolute Gasteiger partial charge is 0.0578 e. The molecule has 6 unspecified atom stereocenters. The van der Waals surface area contributed by atoms with Gasteiger partial charge in [-0.3, -0.25) is 0 Å². The summed E-state index contributed by atoms with van der Waals surface area (Å²) in [6, 6.07) is 0. The zero-order valence-corrected chi connectivity index (χ0v) is 19.7. The minimum absolute atomic E-state index is 0.116. The lowest BCUT2D eigenvalue weighted by molar-refractivity contribution is 0.0382. The van der Waals surface area contributed by atoms with Gasteiger partial charge in [0.15, 0.2) is 0 Å². The van der Waals surface area contributed by atoms with Gasteiger partial charge < -0.3 is 5.11 Å². The lowest BCUT2D eigenvalue weighted by atomic mass is 9.50. The molecule has 8 atom stereocenters. The van der Waals surface area contributed by atoms with Gasteiger partial charge in [0.2, 0.25) is 0 Å². The van der Waals surface area contributed by atoms with E-state index in [-0.39, 0.29) is 6.10 Å². The molecule has 4 aliphatic carbocycles. The van der Waals surface area contributed by atoms with E-state index in [1.54, 1.807) is 5.57 Å². The largest absolute Gasteiger partial charge is 0.393 e. The molecule has 1 nitrogen and oxygen atoms in total. The average Bonchev–Trinajstić information content (AvgIpc) is 3.03. The van der Waals surface area contributed by atoms with Gasteiger partial charge in [0, 0.05) is 0 Å². The molecule has 0 aromatic heterocycles. The SMILES string of the molecule is CC(C)[C@@H](C)/C=C/[C@H](C)C1CCC2C3=CC=C4CC(O)CCC4(C)C3CCC21C. The van der Waals surface area contributed by atoms with Crippen LogP contribution >= 0.6 is 0 Å². The van der Waals surface area contributed by atoms with Crippen molar-refractivity contribution in [3.8, 4) is 0 Å². The molecule has 0 amide bonds. The van der Waals surface area contributed by atoms with Crippen molar-refractivity contribution in [1.29, 1.82) is 0 Å². The first-order chi connectivity index (χ1) is 13.7. The van der Waals surface area contributed by atoms with E-state index in [0.717, 1.165) is 36.5 Å². The molecule has 162 valence electrons. The third kappa shape index (κ3) is 3.50. The Labute approximate surface area is 179 Å². The Bertz CT molecular complexity index is 712. The lowest BCUT2D eigenvalue weighted by Gasteiger charge is -2.55. The monoisotopic (exact) mass is 396 g/mol. The molecule has 0 aromatic rings. The Morgan fingerprint density at radius 1 is 0.931 bits per heavy atom. The Balaban J connectivity index is 1.57. The normalized spacial score (nSPS) is 44.0. The van der Waals surface area contributed by atoms with E-state index in [4.69, 9.17) is 0 Å². The summed E-state index contributed by atoms with van der Waals surface area (Å²) in [7, 11) is 0. The fourth-order valence-corrected chi connectivity index (χ4v) is 7.59. The van der Waals surface area contributed by atoms with Crippen molar-refractivity contribution in [1.82, 2.24) is 0 Å². The third-order valence-corrected chi connectivity index (χ3v) is 10.0. The summed E-state index contributed by atoms with van der Waals surface area (Å²) in [6.45, 7) is 14.6. The van der Waals surface area contributed by atoms with Crippen molar-refractivity contribution in [2.24, 2.45) is 46.3 Å². The Morgan fingerprint density at radius 2 is 1.69 bits per heavy atom. The first-order valence-electron chi connectivity index (χ1n) is 12.4. The second-order valence-corrected chi connectivity index (χ2v) is 11.9. The van der Waals surface area contributed by atoms with Gasteiger partial charge in [-0.1, -0.05) is 77.0 Å². The highest BCUT2D eigenvalue weighted by Crippen LogP contribution is 2.65. The maximum absolute atomic E-state index is 10.2.